The first-order valence-corrected chi connectivity index (χ1v) is 15.1. The van der Waals surface area contributed by atoms with Crippen molar-refractivity contribution in [2.45, 2.75) is 65.3 Å². The molecule has 3 aromatic rings. The number of carbonyl (C=O) groups is 1. The monoisotopic (exact) mass is 601 g/mol. The van der Waals surface area contributed by atoms with E-state index in [1.807, 2.05) is 50.1 Å². The van der Waals surface area contributed by atoms with E-state index in [1.165, 1.54) is 6.07 Å². The van der Waals surface area contributed by atoms with Crippen molar-refractivity contribution in [2.75, 3.05) is 26.9 Å². The Morgan fingerprint density at radius 2 is 1.66 bits per heavy atom. The van der Waals surface area contributed by atoms with Gasteiger partial charge in [0.1, 0.15) is 23.0 Å². The number of rotatable bonds is 13. The van der Waals surface area contributed by atoms with Gasteiger partial charge in [-0.25, -0.2) is 0 Å². The highest BCUT2D eigenvalue weighted by Gasteiger charge is 2.32. The van der Waals surface area contributed by atoms with Crippen LogP contribution in [0.2, 0.25) is 0 Å². The molecule has 0 aromatic heterocycles. The Labute approximate surface area is 257 Å². The summed E-state index contributed by atoms with van der Waals surface area (Å²) >= 11 is 0. The minimum absolute atomic E-state index is 0.0522. The number of hydrogen-bond acceptors (Lipinski definition) is 8. The number of fused-ring (bicyclic) bond motifs is 2. The Morgan fingerprint density at radius 3 is 2.41 bits per heavy atom. The van der Waals surface area contributed by atoms with Gasteiger partial charge in [-0.1, -0.05) is 0 Å². The summed E-state index contributed by atoms with van der Waals surface area (Å²) in [5.41, 5.74) is 4.05. The molecule has 232 valence electrons. The van der Waals surface area contributed by atoms with E-state index >= 15 is 0 Å². The van der Waals surface area contributed by atoms with Gasteiger partial charge in [-0.05, 0) is 94.2 Å². The van der Waals surface area contributed by atoms with Crippen LogP contribution in [-0.4, -0.2) is 54.9 Å². The molecular formula is C34H39N3O7. The maximum absolute atomic E-state index is 13.0. The normalized spacial score (nSPS) is 15.4. The fourth-order valence-electron chi connectivity index (χ4n) is 5.57. The molecule has 2 aliphatic rings. The lowest BCUT2D eigenvalue weighted by Crippen LogP contribution is -2.35. The molecule has 1 amide bonds. The molecule has 0 bridgehead atoms. The molecule has 1 fully saturated rings. The average Bonchev–Trinajstić information content (AvgIpc) is 3.44. The van der Waals surface area contributed by atoms with E-state index < -0.39 is 4.92 Å². The Bertz CT molecular complexity index is 1570. The molecule has 5 rings (SSSR count). The molecule has 0 saturated carbocycles. The summed E-state index contributed by atoms with van der Waals surface area (Å²) in [7, 11) is 1.58. The van der Waals surface area contributed by atoms with Crippen LogP contribution >= 0.6 is 0 Å². The maximum Gasteiger partial charge on any atom is 0.311 e. The van der Waals surface area contributed by atoms with Crippen molar-refractivity contribution in [1.82, 2.24) is 4.90 Å². The summed E-state index contributed by atoms with van der Waals surface area (Å²) in [6.45, 7) is 7.67. The molecule has 0 aliphatic carbocycles. The van der Waals surface area contributed by atoms with Crippen LogP contribution in [0, 0.1) is 30.9 Å². The van der Waals surface area contributed by atoms with Crippen molar-refractivity contribution in [1.29, 1.82) is 0 Å². The Kier molecular flexibility index (Phi) is 9.67. The lowest BCUT2D eigenvalue weighted by molar-refractivity contribution is -0.385. The van der Waals surface area contributed by atoms with Crippen LogP contribution in [0.1, 0.15) is 65.6 Å². The molecule has 10 nitrogen and oxygen atoms in total. The zero-order valence-corrected chi connectivity index (χ0v) is 25.8. The fourth-order valence-corrected chi connectivity index (χ4v) is 5.57. The molecule has 2 aliphatic heterocycles. The van der Waals surface area contributed by atoms with Gasteiger partial charge in [0.15, 0.2) is 0 Å². The molecule has 0 N–H and O–H groups in total. The molecule has 0 spiro atoms. The molecule has 3 aromatic carbocycles. The standard InChI is InChI=1S/C34H39N3O7/c1-22-16-27(19-32(41-4)24(22)3)44-33-18-26(11-12-30(33)37(39)40)42-14-7-5-6-8-15-43-31-20-29-28(17-23(31)2)34(38)36-13-9-10-25(36)21-35-29/h11-12,16-21,25H,5-10,13-15H2,1-4H3/t25-/m0/s1. The van der Waals surface area contributed by atoms with Crippen LogP contribution in [0.25, 0.3) is 0 Å². The molecule has 44 heavy (non-hydrogen) atoms. The first-order chi connectivity index (χ1) is 21.2. The number of aliphatic imine (C=N–C) groups is 1. The van der Waals surface area contributed by atoms with Crippen LogP contribution in [-0.2, 0) is 0 Å². The number of nitro benzene ring substituents is 1. The van der Waals surface area contributed by atoms with Gasteiger partial charge in [-0.2, -0.15) is 0 Å². The summed E-state index contributed by atoms with van der Waals surface area (Å²) < 4.78 is 23.3. The average molecular weight is 602 g/mol. The van der Waals surface area contributed by atoms with E-state index in [0.29, 0.717) is 41.7 Å². The first kappa shape index (κ1) is 30.8. The van der Waals surface area contributed by atoms with Crippen molar-refractivity contribution < 1.29 is 28.7 Å². The van der Waals surface area contributed by atoms with Crippen molar-refractivity contribution in [3.05, 3.63) is 74.8 Å². The number of amides is 1. The number of nitrogens with zero attached hydrogens (tertiary/aromatic N) is 3. The smallest absolute Gasteiger partial charge is 0.311 e. The Morgan fingerprint density at radius 1 is 0.909 bits per heavy atom. The van der Waals surface area contributed by atoms with Gasteiger partial charge in [0, 0.05) is 37.0 Å². The molecule has 2 heterocycles. The van der Waals surface area contributed by atoms with E-state index in [0.717, 1.165) is 67.5 Å². The highest BCUT2D eigenvalue weighted by Crippen LogP contribution is 2.38. The van der Waals surface area contributed by atoms with Crippen molar-refractivity contribution >= 4 is 23.5 Å². The number of nitro groups is 1. The Hall–Kier alpha value is -4.60. The SMILES string of the molecule is COc1cc(Oc2cc(OCCCCCCOc3cc4c(cc3C)C(=O)N3CCC[C@H]3C=N4)ccc2[N+](=O)[O-])cc(C)c1C. The second-order valence-corrected chi connectivity index (χ2v) is 11.3. The summed E-state index contributed by atoms with van der Waals surface area (Å²) in [5, 5.41) is 11.6. The van der Waals surface area contributed by atoms with Crippen LogP contribution in [0.5, 0.6) is 28.7 Å². The van der Waals surface area contributed by atoms with Crippen LogP contribution in [0.4, 0.5) is 11.4 Å². The third-order valence-electron chi connectivity index (χ3n) is 8.20. The van der Waals surface area contributed by atoms with E-state index in [2.05, 4.69) is 4.99 Å². The second-order valence-electron chi connectivity index (χ2n) is 11.3. The number of methoxy groups -OCH3 is 1. The predicted octanol–water partition coefficient (Wildman–Crippen LogP) is 7.66. The molecule has 0 radical (unpaired) electrons. The molecule has 1 atom stereocenters. The zero-order chi connectivity index (χ0) is 31.2. The van der Waals surface area contributed by atoms with Crippen molar-refractivity contribution in [2.24, 2.45) is 4.99 Å². The minimum atomic E-state index is -0.470. The van der Waals surface area contributed by atoms with Gasteiger partial charge in [-0.3, -0.25) is 19.9 Å². The minimum Gasteiger partial charge on any atom is -0.496 e. The van der Waals surface area contributed by atoms with Gasteiger partial charge in [-0.15, -0.1) is 0 Å². The quantitative estimate of drug-likeness (QED) is 0.112. The molecule has 10 heteroatoms. The lowest BCUT2D eigenvalue weighted by atomic mass is 10.1. The first-order valence-electron chi connectivity index (χ1n) is 15.1. The number of aryl methyl sites for hydroxylation is 2. The number of ether oxygens (including phenoxy) is 4. The van der Waals surface area contributed by atoms with Crippen LogP contribution in [0.3, 0.4) is 0 Å². The number of benzene rings is 3. The topological polar surface area (TPSA) is 113 Å². The largest absolute Gasteiger partial charge is 0.496 e. The van der Waals surface area contributed by atoms with Gasteiger partial charge in [0.25, 0.3) is 5.91 Å². The van der Waals surface area contributed by atoms with Gasteiger partial charge in [0.05, 0.1) is 42.5 Å². The van der Waals surface area contributed by atoms with Crippen molar-refractivity contribution in [3.8, 4) is 28.7 Å². The summed E-state index contributed by atoms with van der Waals surface area (Å²) in [4.78, 5) is 30.7. The number of carbonyl (C=O) groups excluding carboxylic acids is 1. The lowest BCUT2D eigenvalue weighted by Gasteiger charge is -2.20. The van der Waals surface area contributed by atoms with Gasteiger partial charge >= 0.3 is 5.69 Å². The third kappa shape index (κ3) is 6.96. The maximum atomic E-state index is 13.0. The summed E-state index contributed by atoms with van der Waals surface area (Å²) in [6.07, 6.45) is 7.48. The predicted molar refractivity (Wildman–Crippen MR) is 168 cm³/mol. The van der Waals surface area contributed by atoms with Crippen LogP contribution in [0.15, 0.2) is 47.5 Å². The molecular weight excluding hydrogens is 562 g/mol. The van der Waals surface area contributed by atoms with E-state index in [9.17, 15) is 14.9 Å². The van der Waals surface area contributed by atoms with Crippen molar-refractivity contribution in [3.63, 3.8) is 0 Å². The molecule has 0 unspecified atom stereocenters. The Balaban J connectivity index is 1.08. The fraction of sp³-hybridized carbons (Fsp3) is 0.412. The van der Waals surface area contributed by atoms with E-state index in [4.69, 9.17) is 18.9 Å². The van der Waals surface area contributed by atoms with Gasteiger partial charge in [0.2, 0.25) is 5.75 Å². The third-order valence-corrected chi connectivity index (χ3v) is 8.20. The van der Waals surface area contributed by atoms with E-state index in [-0.39, 0.29) is 23.4 Å². The van der Waals surface area contributed by atoms with Crippen LogP contribution < -0.4 is 18.9 Å². The number of hydrogen-bond donors (Lipinski definition) is 0. The van der Waals surface area contributed by atoms with Gasteiger partial charge < -0.3 is 23.8 Å². The number of unbranched alkanes of at least 4 members (excludes halogenated alkanes) is 3. The van der Waals surface area contributed by atoms with E-state index in [1.54, 1.807) is 25.3 Å². The zero-order valence-electron chi connectivity index (χ0n) is 25.8. The summed E-state index contributed by atoms with van der Waals surface area (Å²) in [6, 6.07) is 12.0. The summed E-state index contributed by atoms with van der Waals surface area (Å²) in [5.74, 6) is 2.53. The highest BCUT2D eigenvalue weighted by molar-refractivity contribution is 6.03. The second kappa shape index (κ2) is 13.8. The molecule has 1 saturated heterocycles. The highest BCUT2D eigenvalue weighted by atomic mass is 16.6.